The van der Waals surface area contributed by atoms with Crippen molar-refractivity contribution >= 4 is 17.5 Å². The number of methoxy groups -OCH3 is 1. The quantitative estimate of drug-likeness (QED) is 0.684. The molecule has 128 valence electrons. The molecule has 0 aliphatic carbocycles. The summed E-state index contributed by atoms with van der Waals surface area (Å²) in [7, 11) is 1.60. The Morgan fingerprint density at radius 2 is 1.79 bits per heavy atom. The molecule has 1 amide bonds. The molecule has 0 heterocycles. The number of nitrogens with one attached hydrogen (secondary N) is 2. The Morgan fingerprint density at radius 3 is 2.54 bits per heavy atom. The Labute approximate surface area is 146 Å². The molecule has 0 aliphatic heterocycles. The third-order valence-electron chi connectivity index (χ3n) is 3.32. The zero-order valence-electron chi connectivity index (χ0n) is 13.5. The van der Waals surface area contributed by atoms with Crippen molar-refractivity contribution in [2.45, 2.75) is 6.54 Å². The minimum absolute atomic E-state index is 0.0905. The average Bonchev–Trinajstić information content (AvgIpc) is 2.61. The predicted molar refractivity (Wildman–Crippen MR) is 94.7 cm³/mol. The van der Waals surface area contributed by atoms with Crippen LogP contribution in [0, 0.1) is 0 Å². The van der Waals surface area contributed by atoms with Crippen molar-refractivity contribution in [3.63, 3.8) is 0 Å². The number of amides is 1. The van der Waals surface area contributed by atoms with Gasteiger partial charge in [-0.15, -0.1) is 0 Å². The van der Waals surface area contributed by atoms with Crippen LogP contribution in [0.15, 0.2) is 48.5 Å². The van der Waals surface area contributed by atoms with E-state index in [-0.39, 0.29) is 12.5 Å². The van der Waals surface area contributed by atoms with Gasteiger partial charge in [-0.3, -0.25) is 4.79 Å². The smallest absolute Gasteiger partial charge is 0.234 e. The molecule has 2 aromatic rings. The first kappa shape index (κ1) is 18.1. The Hall–Kier alpha value is -2.24. The molecule has 0 saturated heterocycles. The summed E-state index contributed by atoms with van der Waals surface area (Å²) in [4.78, 5) is 11.8. The van der Waals surface area contributed by atoms with Crippen molar-refractivity contribution in [2.24, 2.45) is 0 Å². The van der Waals surface area contributed by atoms with Crippen LogP contribution in [0.1, 0.15) is 5.56 Å². The van der Waals surface area contributed by atoms with Gasteiger partial charge in [0.2, 0.25) is 5.91 Å². The van der Waals surface area contributed by atoms with Gasteiger partial charge in [-0.05, 0) is 23.8 Å². The summed E-state index contributed by atoms with van der Waals surface area (Å²) in [5.41, 5.74) is 0.895. The van der Waals surface area contributed by atoms with Gasteiger partial charge in [0, 0.05) is 18.1 Å². The highest BCUT2D eigenvalue weighted by Crippen LogP contribution is 2.25. The van der Waals surface area contributed by atoms with Gasteiger partial charge in [0.15, 0.2) is 11.5 Å². The van der Waals surface area contributed by atoms with Gasteiger partial charge in [0.1, 0.15) is 6.61 Å². The Morgan fingerprint density at radius 1 is 1.08 bits per heavy atom. The van der Waals surface area contributed by atoms with Crippen LogP contribution >= 0.6 is 11.6 Å². The van der Waals surface area contributed by atoms with Crippen LogP contribution in [0.25, 0.3) is 0 Å². The van der Waals surface area contributed by atoms with Crippen molar-refractivity contribution in [2.75, 3.05) is 26.8 Å². The van der Waals surface area contributed by atoms with Gasteiger partial charge in [0.05, 0.1) is 13.7 Å². The van der Waals surface area contributed by atoms with E-state index in [2.05, 4.69) is 10.6 Å². The number of halogens is 1. The number of para-hydroxylation sites is 2. The molecule has 24 heavy (non-hydrogen) atoms. The zero-order chi connectivity index (χ0) is 17.2. The van der Waals surface area contributed by atoms with Gasteiger partial charge in [-0.1, -0.05) is 41.9 Å². The zero-order valence-corrected chi connectivity index (χ0v) is 14.3. The van der Waals surface area contributed by atoms with Gasteiger partial charge >= 0.3 is 0 Å². The minimum Gasteiger partial charge on any atom is -0.493 e. The number of hydrogen-bond acceptors (Lipinski definition) is 4. The van der Waals surface area contributed by atoms with E-state index < -0.39 is 0 Å². The fourth-order valence-electron chi connectivity index (χ4n) is 2.07. The molecule has 0 bridgehead atoms. The van der Waals surface area contributed by atoms with Crippen LogP contribution in [0.2, 0.25) is 5.02 Å². The molecule has 0 spiro atoms. The van der Waals surface area contributed by atoms with Crippen LogP contribution in [0.3, 0.4) is 0 Å². The molecule has 0 atom stereocenters. The molecule has 2 rings (SSSR count). The molecule has 2 aromatic carbocycles. The highest BCUT2D eigenvalue weighted by atomic mass is 35.5. The van der Waals surface area contributed by atoms with Crippen LogP contribution in [-0.4, -0.2) is 32.7 Å². The fraction of sp³-hybridized carbons (Fsp3) is 0.278. The van der Waals surface area contributed by atoms with E-state index in [9.17, 15) is 4.79 Å². The van der Waals surface area contributed by atoms with Gasteiger partial charge in [0.25, 0.3) is 0 Å². The summed E-state index contributed by atoms with van der Waals surface area (Å²) < 4.78 is 10.8. The van der Waals surface area contributed by atoms with Crippen molar-refractivity contribution in [1.29, 1.82) is 0 Å². The molecule has 0 aromatic heterocycles. The summed E-state index contributed by atoms with van der Waals surface area (Å²) in [6, 6.07) is 14.9. The van der Waals surface area contributed by atoms with Crippen LogP contribution in [-0.2, 0) is 11.3 Å². The van der Waals surface area contributed by atoms with E-state index in [1.54, 1.807) is 13.2 Å². The van der Waals surface area contributed by atoms with Crippen LogP contribution in [0.5, 0.6) is 11.5 Å². The van der Waals surface area contributed by atoms with Crippen molar-refractivity contribution in [3.8, 4) is 11.5 Å². The van der Waals surface area contributed by atoms with E-state index in [1.807, 2.05) is 42.5 Å². The van der Waals surface area contributed by atoms with Crippen LogP contribution in [0.4, 0.5) is 0 Å². The number of carbonyl (C=O) groups excluding carboxylic acids is 1. The summed E-state index contributed by atoms with van der Waals surface area (Å²) >= 11 is 6.04. The van der Waals surface area contributed by atoms with Crippen molar-refractivity contribution in [1.82, 2.24) is 10.6 Å². The maximum absolute atomic E-state index is 11.8. The third-order valence-corrected chi connectivity index (χ3v) is 3.69. The maximum Gasteiger partial charge on any atom is 0.234 e. The molecule has 0 unspecified atom stereocenters. The topological polar surface area (TPSA) is 59.6 Å². The van der Waals surface area contributed by atoms with Gasteiger partial charge < -0.3 is 20.1 Å². The lowest BCUT2D eigenvalue weighted by Gasteiger charge is -2.11. The lowest BCUT2D eigenvalue weighted by Crippen LogP contribution is -2.35. The highest BCUT2D eigenvalue weighted by molar-refractivity contribution is 6.31. The molecular formula is C18H21ClN2O3. The number of carbonyl (C=O) groups is 1. The maximum atomic E-state index is 11.8. The second-order valence-electron chi connectivity index (χ2n) is 5.04. The molecule has 5 nitrogen and oxygen atoms in total. The number of ether oxygens (including phenoxy) is 2. The van der Waals surface area contributed by atoms with Crippen molar-refractivity contribution < 1.29 is 14.3 Å². The van der Waals surface area contributed by atoms with Crippen LogP contribution < -0.4 is 20.1 Å². The number of rotatable bonds is 9. The molecule has 0 aliphatic rings. The molecule has 0 fully saturated rings. The number of hydrogen-bond donors (Lipinski definition) is 2. The molecule has 6 heteroatoms. The lowest BCUT2D eigenvalue weighted by atomic mass is 10.2. The van der Waals surface area contributed by atoms with E-state index in [1.165, 1.54) is 0 Å². The molecule has 2 N–H and O–H groups in total. The van der Waals surface area contributed by atoms with E-state index in [4.69, 9.17) is 21.1 Å². The Kier molecular flexibility index (Phi) is 7.39. The second kappa shape index (κ2) is 9.80. The van der Waals surface area contributed by atoms with Crippen molar-refractivity contribution in [3.05, 3.63) is 59.1 Å². The number of benzene rings is 2. The monoisotopic (exact) mass is 348 g/mol. The van der Waals surface area contributed by atoms with E-state index in [0.717, 1.165) is 5.56 Å². The normalized spacial score (nSPS) is 10.2. The lowest BCUT2D eigenvalue weighted by molar-refractivity contribution is -0.120. The molecule has 0 radical (unpaired) electrons. The fourth-order valence-corrected chi connectivity index (χ4v) is 2.27. The second-order valence-corrected chi connectivity index (χ2v) is 5.45. The summed E-state index contributed by atoms with van der Waals surface area (Å²) in [6.07, 6.45) is 0. The van der Waals surface area contributed by atoms with Gasteiger partial charge in [-0.25, -0.2) is 0 Å². The first-order valence-electron chi connectivity index (χ1n) is 7.67. The largest absolute Gasteiger partial charge is 0.493 e. The SMILES string of the molecule is COc1ccccc1OCCNCC(=O)NCc1ccccc1Cl. The standard InChI is InChI=1S/C18H21ClN2O3/c1-23-16-8-4-5-9-17(16)24-11-10-20-13-18(22)21-12-14-6-2-3-7-15(14)19/h2-9,20H,10-13H2,1H3,(H,21,22). The highest BCUT2D eigenvalue weighted by Gasteiger charge is 2.04. The first-order valence-corrected chi connectivity index (χ1v) is 8.05. The average molecular weight is 349 g/mol. The third kappa shape index (κ3) is 5.76. The first-order chi connectivity index (χ1) is 11.7. The summed E-state index contributed by atoms with van der Waals surface area (Å²) in [5, 5.41) is 6.50. The van der Waals surface area contributed by atoms with Gasteiger partial charge in [-0.2, -0.15) is 0 Å². The predicted octanol–water partition coefficient (Wildman–Crippen LogP) is 2.63. The Balaban J connectivity index is 1.62. The summed E-state index contributed by atoms with van der Waals surface area (Å²) in [5.74, 6) is 1.28. The Bertz CT molecular complexity index is 664. The molecular weight excluding hydrogens is 328 g/mol. The molecule has 0 saturated carbocycles. The summed E-state index contributed by atoms with van der Waals surface area (Å²) in [6.45, 7) is 1.63. The van der Waals surface area contributed by atoms with E-state index >= 15 is 0 Å². The minimum atomic E-state index is -0.0905. The van der Waals surface area contributed by atoms with E-state index in [0.29, 0.717) is 36.2 Å².